The predicted molar refractivity (Wildman–Crippen MR) is 76.2 cm³/mol. The van der Waals surface area contributed by atoms with E-state index in [9.17, 15) is 4.79 Å². The molecule has 110 valence electrons. The largest absolute Gasteiger partial charge is 0.444 e. The van der Waals surface area contributed by atoms with Crippen molar-refractivity contribution in [1.82, 2.24) is 10.2 Å². The Labute approximate surface area is 116 Å². The van der Waals surface area contributed by atoms with E-state index in [0.29, 0.717) is 12.0 Å². The van der Waals surface area contributed by atoms with Crippen molar-refractivity contribution in [1.29, 1.82) is 0 Å². The third kappa shape index (κ3) is 4.68. The minimum atomic E-state index is -0.401. The highest BCUT2D eigenvalue weighted by Gasteiger charge is 2.32. The van der Waals surface area contributed by atoms with Crippen molar-refractivity contribution in [3.63, 3.8) is 0 Å². The van der Waals surface area contributed by atoms with Gasteiger partial charge in [0.1, 0.15) is 5.60 Å². The molecular weight excluding hydrogens is 240 g/mol. The lowest BCUT2D eigenvalue weighted by Gasteiger charge is -2.36. The van der Waals surface area contributed by atoms with Crippen LogP contribution in [-0.2, 0) is 4.74 Å². The van der Waals surface area contributed by atoms with Gasteiger partial charge in [-0.05, 0) is 59.3 Å². The number of hydrogen-bond acceptors (Lipinski definition) is 3. The number of rotatable bonds is 3. The third-order valence-electron chi connectivity index (χ3n) is 3.89. The molecule has 4 heteroatoms. The van der Waals surface area contributed by atoms with Crippen LogP contribution in [0.15, 0.2) is 0 Å². The number of carbonyl (C=O) groups is 1. The summed E-state index contributed by atoms with van der Waals surface area (Å²) in [5, 5.41) is 3.65. The van der Waals surface area contributed by atoms with Crippen LogP contribution in [0.2, 0.25) is 0 Å². The van der Waals surface area contributed by atoms with Gasteiger partial charge in [-0.2, -0.15) is 0 Å². The smallest absolute Gasteiger partial charge is 0.410 e. The Morgan fingerprint density at radius 3 is 2.58 bits per heavy atom. The number of hydrogen-bond donors (Lipinski definition) is 1. The zero-order valence-electron chi connectivity index (χ0n) is 12.7. The van der Waals surface area contributed by atoms with Crippen LogP contribution in [0.4, 0.5) is 4.79 Å². The minimum absolute atomic E-state index is 0.157. The first-order valence-corrected chi connectivity index (χ1v) is 7.59. The summed E-state index contributed by atoms with van der Waals surface area (Å²) >= 11 is 0. The van der Waals surface area contributed by atoms with Gasteiger partial charge in [0, 0.05) is 25.2 Å². The molecule has 4 nitrogen and oxygen atoms in total. The summed E-state index contributed by atoms with van der Waals surface area (Å²) in [5.41, 5.74) is -0.401. The molecule has 0 aromatic heterocycles. The van der Waals surface area contributed by atoms with Crippen molar-refractivity contribution in [2.45, 2.75) is 71.1 Å². The van der Waals surface area contributed by atoms with Crippen LogP contribution in [0.3, 0.4) is 0 Å². The van der Waals surface area contributed by atoms with Gasteiger partial charge in [0.15, 0.2) is 0 Å². The van der Waals surface area contributed by atoms with E-state index in [-0.39, 0.29) is 6.09 Å². The summed E-state index contributed by atoms with van der Waals surface area (Å²) in [6, 6.07) is 1.23. The molecule has 1 saturated carbocycles. The zero-order chi connectivity index (χ0) is 14.0. The molecular formula is C15H28N2O2. The predicted octanol–water partition coefficient (Wildman–Crippen LogP) is 2.77. The Kier molecular flexibility index (Phi) is 4.39. The Morgan fingerprint density at radius 1 is 1.32 bits per heavy atom. The van der Waals surface area contributed by atoms with E-state index in [1.54, 1.807) is 0 Å². The van der Waals surface area contributed by atoms with Gasteiger partial charge in [-0.15, -0.1) is 0 Å². The van der Waals surface area contributed by atoms with Crippen LogP contribution in [0.25, 0.3) is 0 Å². The molecule has 1 aliphatic carbocycles. The van der Waals surface area contributed by atoms with Crippen LogP contribution in [0.5, 0.6) is 0 Å². The van der Waals surface area contributed by atoms with Crippen LogP contribution in [0.1, 0.15) is 53.4 Å². The molecule has 2 fully saturated rings. The normalized spacial score (nSPS) is 26.1. The lowest BCUT2D eigenvalue weighted by molar-refractivity contribution is 0.0148. The van der Waals surface area contributed by atoms with Crippen molar-refractivity contribution < 1.29 is 9.53 Å². The molecule has 0 aromatic rings. The van der Waals surface area contributed by atoms with Gasteiger partial charge in [-0.1, -0.05) is 0 Å². The highest BCUT2D eigenvalue weighted by molar-refractivity contribution is 5.68. The summed E-state index contributed by atoms with van der Waals surface area (Å²) in [5.74, 6) is 0.557. The average Bonchev–Trinajstić information content (AvgIpc) is 3.11. The van der Waals surface area contributed by atoms with E-state index < -0.39 is 5.60 Å². The van der Waals surface area contributed by atoms with E-state index in [1.807, 2.05) is 25.7 Å². The van der Waals surface area contributed by atoms with Gasteiger partial charge < -0.3 is 15.0 Å². The molecule has 0 spiro atoms. The number of ether oxygens (including phenoxy) is 1. The first-order chi connectivity index (χ1) is 8.85. The summed E-state index contributed by atoms with van der Waals surface area (Å²) in [7, 11) is 0. The van der Waals surface area contributed by atoms with Gasteiger partial charge in [0.05, 0.1) is 0 Å². The highest BCUT2D eigenvalue weighted by Crippen LogP contribution is 2.25. The summed E-state index contributed by atoms with van der Waals surface area (Å²) in [6.07, 6.45) is 4.76. The first-order valence-electron chi connectivity index (χ1n) is 7.59. The Hall–Kier alpha value is -0.770. The fraction of sp³-hybridized carbons (Fsp3) is 0.933. The summed E-state index contributed by atoms with van der Waals surface area (Å²) < 4.78 is 5.47. The van der Waals surface area contributed by atoms with Crippen LogP contribution >= 0.6 is 0 Å². The maximum Gasteiger partial charge on any atom is 0.410 e. The zero-order valence-corrected chi connectivity index (χ0v) is 12.7. The van der Waals surface area contributed by atoms with Gasteiger partial charge in [-0.3, -0.25) is 0 Å². The molecule has 0 radical (unpaired) electrons. The Morgan fingerprint density at radius 2 is 2.00 bits per heavy atom. The molecule has 1 aliphatic heterocycles. The number of carbonyl (C=O) groups excluding carboxylic acids is 1. The highest BCUT2D eigenvalue weighted by atomic mass is 16.6. The maximum atomic E-state index is 12.1. The molecule has 0 unspecified atom stereocenters. The van der Waals surface area contributed by atoms with Crippen molar-refractivity contribution in [3.05, 3.63) is 0 Å². The van der Waals surface area contributed by atoms with Crippen molar-refractivity contribution >= 4 is 6.09 Å². The number of piperidine rings is 1. The molecule has 0 aromatic carbocycles. The van der Waals surface area contributed by atoms with E-state index in [4.69, 9.17) is 4.74 Å². The first kappa shape index (κ1) is 14.6. The topological polar surface area (TPSA) is 41.6 Å². The Balaban J connectivity index is 1.83. The average molecular weight is 268 g/mol. The van der Waals surface area contributed by atoms with E-state index in [2.05, 4.69) is 12.2 Å². The molecule has 0 bridgehead atoms. The number of likely N-dealkylation sites (tertiary alicyclic amines) is 1. The van der Waals surface area contributed by atoms with Crippen LogP contribution in [0, 0.1) is 5.92 Å². The lowest BCUT2D eigenvalue weighted by atomic mass is 9.91. The van der Waals surface area contributed by atoms with Crippen molar-refractivity contribution in [3.8, 4) is 0 Å². The number of nitrogens with one attached hydrogen (secondary N) is 1. The molecule has 2 atom stereocenters. The summed E-state index contributed by atoms with van der Waals surface area (Å²) in [4.78, 5) is 14.0. The molecule has 1 heterocycles. The van der Waals surface area contributed by atoms with Crippen LogP contribution < -0.4 is 5.32 Å². The minimum Gasteiger partial charge on any atom is -0.444 e. The van der Waals surface area contributed by atoms with Crippen molar-refractivity contribution in [2.75, 3.05) is 13.1 Å². The Bertz CT molecular complexity index is 321. The second-order valence-electron chi connectivity index (χ2n) is 7.06. The third-order valence-corrected chi connectivity index (χ3v) is 3.89. The van der Waals surface area contributed by atoms with Gasteiger partial charge in [0.2, 0.25) is 0 Å². The van der Waals surface area contributed by atoms with E-state index in [1.165, 1.54) is 19.3 Å². The lowest BCUT2D eigenvalue weighted by Crippen LogP contribution is -2.48. The number of nitrogens with zero attached hydrogens (tertiary/aromatic N) is 1. The molecule has 1 saturated heterocycles. The molecule has 1 amide bonds. The van der Waals surface area contributed by atoms with Crippen molar-refractivity contribution in [2.24, 2.45) is 5.92 Å². The molecule has 2 aliphatic rings. The van der Waals surface area contributed by atoms with Gasteiger partial charge in [-0.25, -0.2) is 4.79 Å². The van der Waals surface area contributed by atoms with Gasteiger partial charge in [0.25, 0.3) is 0 Å². The quantitative estimate of drug-likeness (QED) is 0.855. The SMILES string of the molecule is C[C@H](NC1CC1)[C@@H]1CCCN(C(=O)OC(C)(C)C)C1. The summed E-state index contributed by atoms with van der Waals surface area (Å²) in [6.45, 7) is 9.68. The fourth-order valence-corrected chi connectivity index (χ4v) is 2.67. The number of amides is 1. The molecule has 1 N–H and O–H groups in total. The van der Waals surface area contributed by atoms with E-state index >= 15 is 0 Å². The second-order valence-corrected chi connectivity index (χ2v) is 7.06. The maximum absolute atomic E-state index is 12.1. The van der Waals surface area contributed by atoms with Crippen LogP contribution in [-0.4, -0.2) is 41.8 Å². The standard InChI is InChI=1S/C15H28N2O2/c1-11(16-13-7-8-13)12-6-5-9-17(10-12)14(18)19-15(2,3)4/h11-13,16H,5-10H2,1-4H3/t11-,12+/m0/s1. The molecule has 2 rings (SSSR count). The van der Waals surface area contributed by atoms with Gasteiger partial charge >= 0.3 is 6.09 Å². The molecule has 19 heavy (non-hydrogen) atoms. The fourth-order valence-electron chi connectivity index (χ4n) is 2.67. The second kappa shape index (κ2) is 5.70. The monoisotopic (exact) mass is 268 g/mol. The van der Waals surface area contributed by atoms with E-state index in [0.717, 1.165) is 25.6 Å².